The maximum atomic E-state index is 12.8. The second-order valence-corrected chi connectivity index (χ2v) is 12.4. The van der Waals surface area contributed by atoms with E-state index < -0.39 is 9.84 Å². The summed E-state index contributed by atoms with van der Waals surface area (Å²) >= 11 is 1.51. The Hall–Kier alpha value is -2.65. The van der Waals surface area contributed by atoms with E-state index in [0.717, 1.165) is 16.5 Å². The second kappa shape index (κ2) is 8.29. The average Bonchev–Trinajstić information content (AvgIpc) is 3.25. The molecule has 1 aromatic carbocycles. The van der Waals surface area contributed by atoms with Crippen LogP contribution in [0.15, 0.2) is 58.3 Å². The van der Waals surface area contributed by atoms with Crippen molar-refractivity contribution < 1.29 is 8.42 Å². The predicted molar refractivity (Wildman–Crippen MR) is 134 cm³/mol. The van der Waals surface area contributed by atoms with E-state index in [0.29, 0.717) is 23.8 Å². The summed E-state index contributed by atoms with van der Waals surface area (Å²) in [6.07, 6.45) is 0. The van der Waals surface area contributed by atoms with Crippen LogP contribution in [-0.2, 0) is 16.4 Å². The molecule has 33 heavy (non-hydrogen) atoms. The number of aromatic nitrogens is 2. The SMILES string of the molecule is Cc1cccc2nc(CN(C3=N[C@H]4CS(=O)(=O)C[C@@H]4S3)c3ccc(C(C)C)cc3)cc(=O)n12. The van der Waals surface area contributed by atoms with Gasteiger partial charge in [-0.3, -0.25) is 14.2 Å². The molecule has 7 nitrogen and oxygen atoms in total. The van der Waals surface area contributed by atoms with Crippen LogP contribution in [0.3, 0.4) is 0 Å². The Morgan fingerprint density at radius 1 is 1.15 bits per heavy atom. The van der Waals surface area contributed by atoms with E-state index in [1.807, 2.05) is 30.0 Å². The average molecular weight is 483 g/mol. The third-order valence-electron chi connectivity index (χ3n) is 6.16. The zero-order valence-corrected chi connectivity index (χ0v) is 20.4. The van der Waals surface area contributed by atoms with Gasteiger partial charge in [-0.25, -0.2) is 13.4 Å². The molecule has 172 valence electrons. The fourth-order valence-electron chi connectivity index (χ4n) is 4.39. The molecule has 5 rings (SSSR count). The molecule has 0 saturated carbocycles. The molecule has 4 heterocycles. The van der Waals surface area contributed by atoms with E-state index >= 15 is 0 Å². The number of nitrogens with zero attached hydrogens (tertiary/aromatic N) is 4. The molecular weight excluding hydrogens is 456 g/mol. The number of sulfone groups is 1. The highest BCUT2D eigenvalue weighted by Crippen LogP contribution is 2.37. The zero-order chi connectivity index (χ0) is 23.3. The van der Waals surface area contributed by atoms with Crippen molar-refractivity contribution in [3.8, 4) is 0 Å². The number of aryl methyl sites for hydroxylation is 1. The summed E-state index contributed by atoms with van der Waals surface area (Å²) in [5, 5.41) is 0.726. The van der Waals surface area contributed by atoms with E-state index in [-0.39, 0.29) is 28.4 Å². The third kappa shape index (κ3) is 4.31. The quantitative estimate of drug-likeness (QED) is 0.567. The van der Waals surface area contributed by atoms with Crippen molar-refractivity contribution in [3.63, 3.8) is 0 Å². The summed E-state index contributed by atoms with van der Waals surface area (Å²) in [6.45, 7) is 6.56. The third-order valence-corrected chi connectivity index (χ3v) is 9.41. The number of hydrogen-bond acceptors (Lipinski definition) is 7. The van der Waals surface area contributed by atoms with E-state index in [2.05, 4.69) is 38.1 Å². The highest BCUT2D eigenvalue weighted by Gasteiger charge is 2.44. The summed E-state index contributed by atoms with van der Waals surface area (Å²) in [7, 11) is -3.03. The van der Waals surface area contributed by atoms with Crippen LogP contribution in [-0.4, -0.2) is 45.8 Å². The van der Waals surface area contributed by atoms with Crippen LogP contribution in [0.2, 0.25) is 0 Å². The minimum atomic E-state index is -3.03. The Bertz CT molecular complexity index is 1410. The molecule has 0 unspecified atom stereocenters. The molecule has 9 heteroatoms. The molecular formula is C24H26N4O3S2. The Labute approximate surface area is 197 Å². The number of thioether (sulfide) groups is 1. The molecule has 0 bridgehead atoms. The largest absolute Gasteiger partial charge is 0.315 e. The molecule has 0 N–H and O–H groups in total. The van der Waals surface area contributed by atoms with Gasteiger partial charge in [-0.1, -0.05) is 43.8 Å². The molecule has 0 spiro atoms. The smallest absolute Gasteiger partial charge is 0.258 e. The second-order valence-electron chi connectivity index (χ2n) is 8.99. The summed E-state index contributed by atoms with van der Waals surface area (Å²) in [5.74, 6) is 0.675. The lowest BCUT2D eigenvalue weighted by molar-refractivity contribution is 0.601. The maximum Gasteiger partial charge on any atom is 0.258 e. The Morgan fingerprint density at radius 2 is 1.91 bits per heavy atom. The van der Waals surface area contributed by atoms with Crippen LogP contribution < -0.4 is 10.5 Å². The van der Waals surface area contributed by atoms with E-state index in [1.54, 1.807) is 10.5 Å². The van der Waals surface area contributed by atoms with Crippen LogP contribution in [0, 0.1) is 6.92 Å². The number of benzene rings is 1. The van der Waals surface area contributed by atoms with Crippen molar-refractivity contribution in [2.75, 3.05) is 16.4 Å². The lowest BCUT2D eigenvalue weighted by Gasteiger charge is -2.25. The van der Waals surface area contributed by atoms with Crippen molar-refractivity contribution >= 4 is 38.1 Å². The van der Waals surface area contributed by atoms with Gasteiger partial charge in [0.25, 0.3) is 5.56 Å². The molecule has 2 aliphatic rings. The molecule has 0 radical (unpaired) electrons. The number of pyridine rings is 1. The normalized spacial score (nSPS) is 21.4. The summed E-state index contributed by atoms with van der Waals surface area (Å²) in [6, 6.07) is 15.3. The van der Waals surface area contributed by atoms with Crippen molar-refractivity contribution in [2.24, 2.45) is 4.99 Å². The lowest BCUT2D eigenvalue weighted by atomic mass is 10.0. The van der Waals surface area contributed by atoms with E-state index in [1.165, 1.54) is 17.3 Å². The molecule has 2 aromatic heterocycles. The van der Waals surface area contributed by atoms with Crippen LogP contribution >= 0.6 is 11.8 Å². The maximum absolute atomic E-state index is 12.8. The van der Waals surface area contributed by atoms with Gasteiger partial charge in [-0.05, 0) is 42.7 Å². The van der Waals surface area contributed by atoms with Gasteiger partial charge in [0, 0.05) is 22.7 Å². The summed E-state index contributed by atoms with van der Waals surface area (Å²) in [5.41, 5.74) is 4.15. The first-order valence-corrected chi connectivity index (χ1v) is 13.7. The Balaban J connectivity index is 1.53. The van der Waals surface area contributed by atoms with Gasteiger partial charge in [-0.15, -0.1) is 0 Å². The van der Waals surface area contributed by atoms with Gasteiger partial charge in [0.1, 0.15) is 5.65 Å². The van der Waals surface area contributed by atoms with Gasteiger partial charge >= 0.3 is 0 Å². The summed E-state index contributed by atoms with van der Waals surface area (Å²) in [4.78, 5) is 24.4. The fraction of sp³-hybridized carbons (Fsp3) is 0.375. The molecule has 1 saturated heterocycles. The highest BCUT2D eigenvalue weighted by molar-refractivity contribution is 8.15. The monoisotopic (exact) mass is 482 g/mol. The van der Waals surface area contributed by atoms with Crippen LogP contribution in [0.5, 0.6) is 0 Å². The van der Waals surface area contributed by atoms with Gasteiger partial charge in [0.2, 0.25) is 0 Å². The first-order chi connectivity index (χ1) is 15.7. The van der Waals surface area contributed by atoms with Crippen LogP contribution in [0.4, 0.5) is 5.69 Å². The molecule has 3 aromatic rings. The molecule has 2 aliphatic heterocycles. The van der Waals surface area contributed by atoms with E-state index in [4.69, 9.17) is 9.98 Å². The van der Waals surface area contributed by atoms with Crippen molar-refractivity contribution in [2.45, 2.75) is 44.5 Å². The number of fused-ring (bicyclic) bond motifs is 2. The first kappa shape index (κ1) is 22.2. The number of aliphatic imine (C=N–C) groups is 1. The zero-order valence-electron chi connectivity index (χ0n) is 18.8. The minimum absolute atomic E-state index is 0.0553. The van der Waals surface area contributed by atoms with Gasteiger partial charge in [0.05, 0.1) is 29.8 Å². The number of hydrogen-bond donors (Lipinski definition) is 0. The van der Waals surface area contributed by atoms with E-state index in [9.17, 15) is 13.2 Å². The highest BCUT2D eigenvalue weighted by atomic mass is 32.2. The number of anilines is 1. The van der Waals surface area contributed by atoms with Gasteiger partial charge in [0.15, 0.2) is 15.0 Å². The van der Waals surface area contributed by atoms with Crippen molar-refractivity contribution in [1.82, 2.24) is 9.38 Å². The predicted octanol–water partition coefficient (Wildman–Crippen LogP) is 3.40. The summed E-state index contributed by atoms with van der Waals surface area (Å²) < 4.78 is 25.7. The number of rotatable bonds is 4. The van der Waals surface area contributed by atoms with Crippen LogP contribution in [0.1, 0.15) is 36.7 Å². The first-order valence-electron chi connectivity index (χ1n) is 11.0. The standard InChI is InChI=1S/C24H26N4O3S2/c1-15(2)17-7-9-19(10-8-17)27(24-26-20-13-33(30,31)14-21(20)32-24)12-18-11-23(29)28-16(3)5-4-6-22(28)25-18/h4-11,15,20-21H,12-14H2,1-3H3/t20-,21-/m0/s1. The van der Waals surface area contributed by atoms with Gasteiger partial charge < -0.3 is 4.90 Å². The van der Waals surface area contributed by atoms with Crippen molar-refractivity contribution in [1.29, 1.82) is 0 Å². The fourth-order valence-corrected chi connectivity index (χ4v) is 8.17. The molecule has 1 fully saturated rings. The Kier molecular flexibility index (Phi) is 5.56. The minimum Gasteiger partial charge on any atom is -0.315 e. The number of amidine groups is 1. The van der Waals surface area contributed by atoms with Crippen LogP contribution in [0.25, 0.3) is 5.65 Å². The topological polar surface area (TPSA) is 84.1 Å². The Morgan fingerprint density at radius 3 is 2.61 bits per heavy atom. The molecule has 0 amide bonds. The lowest BCUT2D eigenvalue weighted by Crippen LogP contribution is -2.30. The van der Waals surface area contributed by atoms with Crippen molar-refractivity contribution in [3.05, 3.63) is 75.8 Å². The molecule has 0 aliphatic carbocycles. The molecule has 2 atom stereocenters. The van der Waals surface area contributed by atoms with Gasteiger partial charge in [-0.2, -0.15) is 0 Å².